The number of hydrogen-bond donors (Lipinski definition) is 1. The molecule has 1 fully saturated rings. The highest BCUT2D eigenvalue weighted by atomic mass is 79.9. The van der Waals surface area contributed by atoms with Crippen LogP contribution in [-0.4, -0.2) is 19.6 Å². The van der Waals surface area contributed by atoms with Crippen molar-refractivity contribution in [1.29, 1.82) is 0 Å². The van der Waals surface area contributed by atoms with Gasteiger partial charge in [0.1, 0.15) is 0 Å². The van der Waals surface area contributed by atoms with Crippen LogP contribution >= 0.6 is 27.3 Å². The second kappa shape index (κ2) is 4.75. The zero-order chi connectivity index (χ0) is 11.6. The standard InChI is InChI=1S/C11H14BrNO2S/c1-15-10(14)11(3-2-4-11)7-13-9-5-8(12)6-16-9/h5-6,13H,2-4,7H2,1H3. The van der Waals surface area contributed by atoms with Crippen LogP contribution in [0, 0.1) is 5.41 Å². The summed E-state index contributed by atoms with van der Waals surface area (Å²) in [5.41, 5.74) is -0.286. The normalized spacial score (nSPS) is 17.6. The van der Waals surface area contributed by atoms with Crippen molar-refractivity contribution in [2.45, 2.75) is 19.3 Å². The lowest BCUT2D eigenvalue weighted by molar-refractivity contribution is -0.157. The van der Waals surface area contributed by atoms with Gasteiger partial charge in [0.05, 0.1) is 17.5 Å². The second-order valence-electron chi connectivity index (χ2n) is 4.11. The van der Waals surface area contributed by atoms with Gasteiger partial charge in [-0.1, -0.05) is 6.42 Å². The van der Waals surface area contributed by atoms with Crippen molar-refractivity contribution in [3.63, 3.8) is 0 Å². The predicted octanol–water partition coefficient (Wildman–Crippen LogP) is 3.27. The molecule has 0 atom stereocenters. The highest BCUT2D eigenvalue weighted by Gasteiger charge is 2.45. The monoisotopic (exact) mass is 303 g/mol. The van der Waals surface area contributed by atoms with E-state index in [0.717, 1.165) is 28.7 Å². The molecule has 0 aliphatic heterocycles. The molecule has 1 aromatic rings. The molecule has 0 aromatic carbocycles. The second-order valence-corrected chi connectivity index (χ2v) is 5.94. The van der Waals surface area contributed by atoms with Crippen molar-refractivity contribution >= 4 is 38.2 Å². The van der Waals surface area contributed by atoms with Gasteiger partial charge in [0.15, 0.2) is 0 Å². The number of carbonyl (C=O) groups is 1. The molecule has 0 bridgehead atoms. The van der Waals surface area contributed by atoms with E-state index in [4.69, 9.17) is 4.74 Å². The lowest BCUT2D eigenvalue weighted by Crippen LogP contribution is -2.44. The van der Waals surface area contributed by atoms with E-state index in [0.29, 0.717) is 6.54 Å². The van der Waals surface area contributed by atoms with Gasteiger partial charge in [0.2, 0.25) is 0 Å². The van der Waals surface area contributed by atoms with Gasteiger partial charge < -0.3 is 10.1 Å². The Labute approximate surface area is 107 Å². The molecule has 1 aliphatic carbocycles. The minimum Gasteiger partial charge on any atom is -0.469 e. The van der Waals surface area contributed by atoms with E-state index < -0.39 is 0 Å². The van der Waals surface area contributed by atoms with Gasteiger partial charge in [0.25, 0.3) is 0 Å². The first-order valence-electron chi connectivity index (χ1n) is 5.23. The van der Waals surface area contributed by atoms with Crippen LogP contribution in [0.2, 0.25) is 0 Å². The number of esters is 1. The van der Waals surface area contributed by atoms with E-state index in [1.54, 1.807) is 11.3 Å². The molecule has 16 heavy (non-hydrogen) atoms. The minimum absolute atomic E-state index is 0.0816. The minimum atomic E-state index is -0.286. The van der Waals surface area contributed by atoms with Crippen LogP contribution in [0.15, 0.2) is 15.9 Å². The molecule has 0 saturated heterocycles. The largest absolute Gasteiger partial charge is 0.469 e. The Bertz CT molecular complexity index is 387. The first-order chi connectivity index (χ1) is 7.66. The van der Waals surface area contributed by atoms with Crippen LogP contribution in [0.4, 0.5) is 5.00 Å². The molecule has 0 radical (unpaired) electrons. The van der Waals surface area contributed by atoms with Crippen molar-refractivity contribution in [3.05, 3.63) is 15.9 Å². The molecule has 0 spiro atoms. The average molecular weight is 304 g/mol. The number of nitrogens with one attached hydrogen (secondary N) is 1. The van der Waals surface area contributed by atoms with Gasteiger partial charge in [-0.3, -0.25) is 4.79 Å². The molecule has 1 aliphatic rings. The van der Waals surface area contributed by atoms with Crippen molar-refractivity contribution in [2.24, 2.45) is 5.41 Å². The summed E-state index contributed by atoms with van der Waals surface area (Å²) in [6.07, 6.45) is 2.98. The molecule has 0 unspecified atom stereocenters. The van der Waals surface area contributed by atoms with Gasteiger partial charge in [-0.05, 0) is 34.8 Å². The maximum atomic E-state index is 11.7. The maximum Gasteiger partial charge on any atom is 0.313 e. The van der Waals surface area contributed by atoms with E-state index in [1.165, 1.54) is 7.11 Å². The molecular formula is C11H14BrNO2S. The number of halogens is 1. The molecule has 0 amide bonds. The van der Waals surface area contributed by atoms with Crippen molar-refractivity contribution in [1.82, 2.24) is 0 Å². The van der Waals surface area contributed by atoms with E-state index >= 15 is 0 Å². The van der Waals surface area contributed by atoms with Gasteiger partial charge >= 0.3 is 5.97 Å². The molecule has 3 nitrogen and oxygen atoms in total. The van der Waals surface area contributed by atoms with Gasteiger partial charge in [-0.25, -0.2) is 0 Å². The molecule has 1 aromatic heterocycles. The van der Waals surface area contributed by atoms with Gasteiger partial charge in [-0.15, -0.1) is 11.3 Å². The molecule has 1 saturated carbocycles. The third-order valence-electron chi connectivity index (χ3n) is 3.10. The fourth-order valence-corrected chi connectivity index (χ4v) is 3.25. The molecule has 1 heterocycles. The summed E-state index contributed by atoms with van der Waals surface area (Å²) >= 11 is 5.04. The summed E-state index contributed by atoms with van der Waals surface area (Å²) in [5.74, 6) is -0.0816. The van der Waals surface area contributed by atoms with Crippen molar-refractivity contribution in [2.75, 3.05) is 19.0 Å². The number of rotatable bonds is 4. The summed E-state index contributed by atoms with van der Waals surface area (Å²) in [5, 5.41) is 6.42. The fraction of sp³-hybridized carbons (Fsp3) is 0.545. The first-order valence-corrected chi connectivity index (χ1v) is 6.90. The molecule has 1 N–H and O–H groups in total. The summed E-state index contributed by atoms with van der Waals surface area (Å²) in [7, 11) is 1.46. The van der Waals surface area contributed by atoms with E-state index in [1.807, 2.05) is 11.4 Å². The van der Waals surface area contributed by atoms with Crippen LogP contribution in [-0.2, 0) is 9.53 Å². The Morgan fingerprint density at radius 2 is 2.44 bits per heavy atom. The highest BCUT2D eigenvalue weighted by Crippen LogP contribution is 2.42. The summed E-state index contributed by atoms with van der Waals surface area (Å²) in [4.78, 5) is 11.7. The highest BCUT2D eigenvalue weighted by molar-refractivity contribution is 9.10. The molecule has 5 heteroatoms. The number of anilines is 1. The summed E-state index contributed by atoms with van der Waals surface area (Å²) < 4.78 is 5.94. The SMILES string of the molecule is COC(=O)C1(CNc2cc(Br)cs2)CCC1. The number of carbonyl (C=O) groups excluding carboxylic acids is 1. The topological polar surface area (TPSA) is 38.3 Å². The predicted molar refractivity (Wildman–Crippen MR) is 68.8 cm³/mol. The first kappa shape index (κ1) is 11.9. The van der Waals surface area contributed by atoms with Crippen LogP contribution in [0.5, 0.6) is 0 Å². The molecule has 88 valence electrons. The summed E-state index contributed by atoms with van der Waals surface area (Å²) in [6, 6.07) is 2.02. The average Bonchev–Trinajstić information content (AvgIpc) is 2.62. The van der Waals surface area contributed by atoms with Crippen molar-refractivity contribution in [3.8, 4) is 0 Å². The Kier molecular flexibility index (Phi) is 3.54. The Morgan fingerprint density at radius 1 is 1.69 bits per heavy atom. The Hall–Kier alpha value is -0.550. The smallest absolute Gasteiger partial charge is 0.313 e. The lowest BCUT2D eigenvalue weighted by atomic mass is 9.68. The lowest BCUT2D eigenvalue weighted by Gasteiger charge is -2.38. The zero-order valence-corrected chi connectivity index (χ0v) is 11.5. The zero-order valence-electron chi connectivity index (χ0n) is 9.09. The number of hydrogen-bond acceptors (Lipinski definition) is 4. The Balaban J connectivity index is 1.95. The Morgan fingerprint density at radius 3 is 2.88 bits per heavy atom. The maximum absolute atomic E-state index is 11.7. The van der Waals surface area contributed by atoms with E-state index in [-0.39, 0.29) is 11.4 Å². The number of ether oxygens (including phenoxy) is 1. The van der Waals surface area contributed by atoms with E-state index in [9.17, 15) is 4.79 Å². The number of thiophene rings is 1. The van der Waals surface area contributed by atoms with Gasteiger partial charge in [0, 0.05) is 16.4 Å². The third kappa shape index (κ3) is 2.25. The fourth-order valence-electron chi connectivity index (χ4n) is 1.94. The number of methoxy groups -OCH3 is 1. The summed E-state index contributed by atoms with van der Waals surface area (Å²) in [6.45, 7) is 0.673. The van der Waals surface area contributed by atoms with Gasteiger partial charge in [-0.2, -0.15) is 0 Å². The quantitative estimate of drug-likeness (QED) is 0.868. The third-order valence-corrected chi connectivity index (χ3v) is 4.75. The van der Waals surface area contributed by atoms with Crippen molar-refractivity contribution < 1.29 is 9.53 Å². The van der Waals surface area contributed by atoms with Crippen LogP contribution in [0.25, 0.3) is 0 Å². The molecule has 2 rings (SSSR count). The van der Waals surface area contributed by atoms with Crippen LogP contribution in [0.1, 0.15) is 19.3 Å². The molecular weight excluding hydrogens is 290 g/mol. The van der Waals surface area contributed by atoms with Crippen LogP contribution in [0.3, 0.4) is 0 Å². The van der Waals surface area contributed by atoms with Crippen LogP contribution < -0.4 is 5.32 Å². The van der Waals surface area contributed by atoms with E-state index in [2.05, 4.69) is 21.2 Å².